The van der Waals surface area contributed by atoms with Gasteiger partial charge < -0.3 is 9.84 Å². The number of rotatable bonds is 6. The van der Waals surface area contributed by atoms with E-state index in [1.165, 1.54) is 6.07 Å². The van der Waals surface area contributed by atoms with E-state index in [0.29, 0.717) is 12.8 Å². The highest BCUT2D eigenvalue weighted by molar-refractivity contribution is 5.23. The maximum absolute atomic E-state index is 13.3. The first-order valence-electron chi connectivity index (χ1n) is 5.78. The summed E-state index contributed by atoms with van der Waals surface area (Å²) in [4.78, 5) is 0. The Hall–Kier alpha value is -1.09. The first kappa shape index (κ1) is 13.0. The van der Waals surface area contributed by atoms with Gasteiger partial charge >= 0.3 is 0 Å². The first-order chi connectivity index (χ1) is 7.69. The minimum Gasteiger partial charge on any atom is -0.485 e. The summed E-state index contributed by atoms with van der Waals surface area (Å²) in [7, 11) is 0. The van der Waals surface area contributed by atoms with Crippen molar-refractivity contribution in [3.05, 3.63) is 30.1 Å². The molecule has 0 saturated heterocycles. The van der Waals surface area contributed by atoms with Crippen molar-refractivity contribution in [2.75, 3.05) is 0 Å². The van der Waals surface area contributed by atoms with Gasteiger partial charge in [-0.2, -0.15) is 0 Å². The van der Waals surface area contributed by atoms with Gasteiger partial charge in [0.15, 0.2) is 11.6 Å². The minimum absolute atomic E-state index is 0.213. The van der Waals surface area contributed by atoms with Crippen molar-refractivity contribution in [2.45, 2.75) is 45.3 Å². The zero-order valence-corrected chi connectivity index (χ0v) is 9.82. The first-order valence-corrected chi connectivity index (χ1v) is 5.78. The molecule has 0 radical (unpaired) electrons. The van der Waals surface area contributed by atoms with E-state index >= 15 is 0 Å². The highest BCUT2D eigenvalue weighted by Crippen LogP contribution is 2.20. The smallest absolute Gasteiger partial charge is 0.165 e. The number of hydrogen-bond donors (Lipinski definition) is 1. The Morgan fingerprint density at radius 3 is 2.56 bits per heavy atom. The molecular weight excluding hydrogens is 207 g/mol. The number of halogens is 1. The van der Waals surface area contributed by atoms with Crippen molar-refractivity contribution in [1.82, 2.24) is 0 Å². The molecule has 2 nitrogen and oxygen atoms in total. The summed E-state index contributed by atoms with van der Waals surface area (Å²) in [6.07, 6.45) is 1.35. The highest BCUT2D eigenvalue weighted by Gasteiger charge is 2.19. The molecule has 0 heterocycles. The van der Waals surface area contributed by atoms with Crippen LogP contribution in [-0.4, -0.2) is 17.3 Å². The lowest BCUT2D eigenvalue weighted by Crippen LogP contribution is -2.31. The van der Waals surface area contributed by atoms with Crippen LogP contribution >= 0.6 is 0 Å². The van der Waals surface area contributed by atoms with Gasteiger partial charge in [-0.3, -0.25) is 0 Å². The van der Waals surface area contributed by atoms with Gasteiger partial charge in [-0.1, -0.05) is 32.4 Å². The standard InChI is InChI=1S/C13H19FO2/c1-3-7-11(15)12(4-2)16-13-9-6-5-8-10(13)14/h5-6,8-9,11-12,15H,3-4,7H2,1-2H3. The summed E-state index contributed by atoms with van der Waals surface area (Å²) < 4.78 is 18.8. The van der Waals surface area contributed by atoms with Crippen molar-refractivity contribution in [3.63, 3.8) is 0 Å². The van der Waals surface area contributed by atoms with E-state index < -0.39 is 6.10 Å². The molecule has 1 rings (SSSR count). The van der Waals surface area contributed by atoms with Crippen LogP contribution in [0.15, 0.2) is 24.3 Å². The molecule has 0 saturated carbocycles. The van der Waals surface area contributed by atoms with Crippen LogP contribution in [0, 0.1) is 5.82 Å². The number of hydrogen-bond acceptors (Lipinski definition) is 2. The van der Waals surface area contributed by atoms with Crippen LogP contribution in [0.5, 0.6) is 5.75 Å². The lowest BCUT2D eigenvalue weighted by Gasteiger charge is -2.22. The Bertz CT molecular complexity index is 315. The molecule has 1 aromatic carbocycles. The maximum Gasteiger partial charge on any atom is 0.165 e. The van der Waals surface area contributed by atoms with Crippen LogP contribution in [-0.2, 0) is 0 Å². The summed E-state index contributed by atoms with van der Waals surface area (Å²) in [6.45, 7) is 3.92. The summed E-state index contributed by atoms with van der Waals surface area (Å²) in [6, 6.07) is 6.27. The Balaban J connectivity index is 2.66. The fraction of sp³-hybridized carbons (Fsp3) is 0.538. The highest BCUT2D eigenvalue weighted by atomic mass is 19.1. The van der Waals surface area contributed by atoms with Gasteiger partial charge in [0.2, 0.25) is 0 Å². The van der Waals surface area contributed by atoms with E-state index in [2.05, 4.69) is 0 Å². The Labute approximate surface area is 96.1 Å². The van der Waals surface area contributed by atoms with Crippen LogP contribution < -0.4 is 4.74 Å². The van der Waals surface area contributed by atoms with Crippen LogP contribution in [0.1, 0.15) is 33.1 Å². The Kier molecular flexibility index (Phi) is 5.26. The molecule has 90 valence electrons. The third-order valence-electron chi connectivity index (χ3n) is 2.53. The van der Waals surface area contributed by atoms with Crippen molar-refractivity contribution >= 4 is 0 Å². The topological polar surface area (TPSA) is 29.5 Å². The molecule has 16 heavy (non-hydrogen) atoms. The van der Waals surface area contributed by atoms with Crippen LogP contribution in [0.4, 0.5) is 4.39 Å². The second-order valence-corrected chi connectivity index (χ2v) is 3.85. The van der Waals surface area contributed by atoms with Crippen LogP contribution in [0.2, 0.25) is 0 Å². The monoisotopic (exact) mass is 226 g/mol. The van der Waals surface area contributed by atoms with Gasteiger partial charge in [0.25, 0.3) is 0 Å². The van der Waals surface area contributed by atoms with Crippen molar-refractivity contribution in [1.29, 1.82) is 0 Å². The molecule has 0 aliphatic heterocycles. The molecule has 0 amide bonds. The molecule has 1 N–H and O–H groups in total. The van der Waals surface area contributed by atoms with Gasteiger partial charge in [0.1, 0.15) is 6.10 Å². The number of benzene rings is 1. The zero-order chi connectivity index (χ0) is 12.0. The van der Waals surface area contributed by atoms with E-state index in [9.17, 15) is 9.50 Å². The fourth-order valence-electron chi connectivity index (χ4n) is 1.62. The summed E-state index contributed by atoms with van der Waals surface area (Å²) in [5, 5.41) is 9.81. The molecule has 3 heteroatoms. The minimum atomic E-state index is -0.533. The number of ether oxygens (including phenoxy) is 1. The molecule has 0 aliphatic rings. The predicted molar refractivity (Wildman–Crippen MR) is 62.0 cm³/mol. The van der Waals surface area contributed by atoms with Gasteiger partial charge in [-0.15, -0.1) is 0 Å². The van der Waals surface area contributed by atoms with Gasteiger partial charge in [-0.05, 0) is 25.0 Å². The average molecular weight is 226 g/mol. The summed E-state index contributed by atoms with van der Waals surface area (Å²) >= 11 is 0. The molecule has 0 spiro atoms. The molecular formula is C13H19FO2. The molecule has 2 unspecified atom stereocenters. The quantitative estimate of drug-likeness (QED) is 0.807. The van der Waals surface area contributed by atoms with E-state index in [0.717, 1.165) is 6.42 Å². The molecule has 0 bridgehead atoms. The second kappa shape index (κ2) is 6.48. The van der Waals surface area contributed by atoms with Crippen molar-refractivity contribution in [3.8, 4) is 5.75 Å². The SMILES string of the molecule is CCCC(O)C(CC)Oc1ccccc1F. The van der Waals surface area contributed by atoms with Gasteiger partial charge in [0, 0.05) is 0 Å². The summed E-state index contributed by atoms with van der Waals surface area (Å²) in [5.74, 6) is -0.172. The molecule has 1 aromatic rings. The number of para-hydroxylation sites is 1. The predicted octanol–water partition coefficient (Wildman–Crippen LogP) is 3.14. The average Bonchev–Trinajstić information content (AvgIpc) is 2.28. The largest absolute Gasteiger partial charge is 0.485 e. The molecule has 0 fully saturated rings. The molecule has 0 aromatic heterocycles. The lowest BCUT2D eigenvalue weighted by molar-refractivity contribution is 0.0263. The fourth-order valence-corrected chi connectivity index (χ4v) is 1.62. The molecule has 2 atom stereocenters. The van der Waals surface area contributed by atoms with Gasteiger partial charge in [0.05, 0.1) is 6.10 Å². The summed E-state index contributed by atoms with van der Waals surface area (Å²) in [5.41, 5.74) is 0. The third-order valence-corrected chi connectivity index (χ3v) is 2.53. The zero-order valence-electron chi connectivity index (χ0n) is 9.82. The number of aliphatic hydroxyl groups excluding tert-OH is 1. The Morgan fingerprint density at radius 2 is 2.00 bits per heavy atom. The van der Waals surface area contributed by atoms with E-state index in [1.807, 2.05) is 13.8 Å². The normalized spacial score (nSPS) is 14.5. The van der Waals surface area contributed by atoms with E-state index in [-0.39, 0.29) is 17.7 Å². The maximum atomic E-state index is 13.3. The van der Waals surface area contributed by atoms with Gasteiger partial charge in [-0.25, -0.2) is 4.39 Å². The van der Waals surface area contributed by atoms with Crippen LogP contribution in [0.3, 0.4) is 0 Å². The van der Waals surface area contributed by atoms with Crippen molar-refractivity contribution < 1.29 is 14.2 Å². The Morgan fingerprint density at radius 1 is 1.31 bits per heavy atom. The van der Waals surface area contributed by atoms with Crippen LogP contribution in [0.25, 0.3) is 0 Å². The third kappa shape index (κ3) is 3.49. The van der Waals surface area contributed by atoms with Crippen molar-refractivity contribution in [2.24, 2.45) is 0 Å². The second-order valence-electron chi connectivity index (χ2n) is 3.85. The molecule has 0 aliphatic carbocycles. The number of aliphatic hydroxyl groups is 1. The van der Waals surface area contributed by atoms with E-state index in [4.69, 9.17) is 4.74 Å². The van der Waals surface area contributed by atoms with E-state index in [1.54, 1.807) is 18.2 Å². The lowest BCUT2D eigenvalue weighted by atomic mass is 10.1.